The number of benzene rings is 3. The minimum absolute atomic E-state index is 0.0375. The first-order valence-electron chi connectivity index (χ1n) is 9.22. The number of rotatable bonds is 5. The molecule has 0 radical (unpaired) electrons. The third-order valence-electron chi connectivity index (χ3n) is 4.90. The van der Waals surface area contributed by atoms with Crippen LogP contribution in [0.5, 0.6) is 5.75 Å². The zero-order chi connectivity index (χ0) is 21.3. The van der Waals surface area contributed by atoms with E-state index in [0.29, 0.717) is 23.2 Å². The molecule has 0 bridgehead atoms. The van der Waals surface area contributed by atoms with E-state index in [9.17, 15) is 18.4 Å². The molecule has 0 atom stereocenters. The molecule has 6 heteroatoms. The Morgan fingerprint density at radius 1 is 0.933 bits per heavy atom. The Labute approximate surface area is 171 Å². The van der Waals surface area contributed by atoms with Crippen LogP contribution in [0.2, 0.25) is 0 Å². The van der Waals surface area contributed by atoms with E-state index in [1.165, 1.54) is 49.7 Å². The number of methoxy groups -OCH3 is 1. The van der Waals surface area contributed by atoms with Gasteiger partial charge in [0.15, 0.2) is 5.78 Å². The first-order valence-corrected chi connectivity index (χ1v) is 9.22. The van der Waals surface area contributed by atoms with Crippen molar-refractivity contribution >= 4 is 16.7 Å². The van der Waals surface area contributed by atoms with Crippen molar-refractivity contribution in [2.75, 3.05) is 7.11 Å². The van der Waals surface area contributed by atoms with Gasteiger partial charge in [-0.05, 0) is 60.2 Å². The molecular formula is C24H17F2NO3. The first-order chi connectivity index (χ1) is 14.5. The van der Waals surface area contributed by atoms with Gasteiger partial charge in [-0.15, -0.1) is 0 Å². The summed E-state index contributed by atoms with van der Waals surface area (Å²) in [6.45, 7) is 0.326. The van der Waals surface area contributed by atoms with Crippen LogP contribution in [0.15, 0.2) is 77.7 Å². The molecule has 0 spiro atoms. The SMILES string of the molecule is COc1ccc2c(c1)c(=O)c(C(=O)c1ccc(F)cc1)cn2Cc1ccc(F)cc1. The summed E-state index contributed by atoms with van der Waals surface area (Å²) in [5.74, 6) is -0.833. The van der Waals surface area contributed by atoms with Crippen molar-refractivity contribution in [2.24, 2.45) is 0 Å². The maximum absolute atomic E-state index is 13.3. The van der Waals surface area contributed by atoms with E-state index in [1.807, 2.05) is 0 Å². The van der Waals surface area contributed by atoms with Crippen LogP contribution in [0.1, 0.15) is 21.5 Å². The van der Waals surface area contributed by atoms with E-state index in [0.717, 1.165) is 5.56 Å². The lowest BCUT2D eigenvalue weighted by molar-refractivity contribution is 0.103. The van der Waals surface area contributed by atoms with Gasteiger partial charge in [-0.1, -0.05) is 12.1 Å². The van der Waals surface area contributed by atoms with E-state index in [2.05, 4.69) is 0 Å². The highest BCUT2D eigenvalue weighted by Crippen LogP contribution is 2.21. The van der Waals surface area contributed by atoms with Gasteiger partial charge in [-0.2, -0.15) is 0 Å². The van der Waals surface area contributed by atoms with Crippen LogP contribution in [-0.2, 0) is 6.54 Å². The van der Waals surface area contributed by atoms with Crippen molar-refractivity contribution in [1.29, 1.82) is 0 Å². The number of carbonyl (C=O) groups is 1. The standard InChI is InChI=1S/C24H17F2NO3/c1-30-19-10-11-22-20(12-19)24(29)21(23(28)16-4-8-18(26)9-5-16)14-27(22)13-15-2-6-17(25)7-3-15/h2-12,14H,13H2,1H3. The van der Waals surface area contributed by atoms with Crippen LogP contribution < -0.4 is 10.2 Å². The third kappa shape index (κ3) is 3.72. The summed E-state index contributed by atoms with van der Waals surface area (Å²) in [6, 6.07) is 16.1. The van der Waals surface area contributed by atoms with Crippen LogP contribution in [0.25, 0.3) is 10.9 Å². The van der Waals surface area contributed by atoms with E-state index in [1.54, 1.807) is 34.9 Å². The van der Waals surface area contributed by atoms with Crippen molar-refractivity contribution in [2.45, 2.75) is 6.54 Å². The third-order valence-corrected chi connectivity index (χ3v) is 4.90. The highest BCUT2D eigenvalue weighted by atomic mass is 19.1. The number of carbonyl (C=O) groups excluding carboxylic acids is 1. The maximum Gasteiger partial charge on any atom is 0.200 e. The minimum atomic E-state index is -0.502. The van der Waals surface area contributed by atoms with Crippen LogP contribution in [-0.4, -0.2) is 17.5 Å². The lowest BCUT2D eigenvalue weighted by Crippen LogP contribution is -2.20. The normalized spacial score (nSPS) is 10.9. The highest BCUT2D eigenvalue weighted by Gasteiger charge is 2.18. The number of ketones is 1. The summed E-state index contributed by atoms with van der Waals surface area (Å²) in [6.07, 6.45) is 1.49. The molecule has 0 amide bonds. The highest BCUT2D eigenvalue weighted by molar-refractivity contribution is 6.10. The van der Waals surface area contributed by atoms with Crippen molar-refractivity contribution in [1.82, 2.24) is 4.57 Å². The van der Waals surface area contributed by atoms with Crippen LogP contribution >= 0.6 is 0 Å². The van der Waals surface area contributed by atoms with E-state index in [4.69, 9.17) is 4.74 Å². The smallest absolute Gasteiger partial charge is 0.200 e. The molecule has 150 valence electrons. The quantitative estimate of drug-likeness (QED) is 0.457. The van der Waals surface area contributed by atoms with Gasteiger partial charge in [0.25, 0.3) is 0 Å². The number of aromatic nitrogens is 1. The van der Waals surface area contributed by atoms with Crippen molar-refractivity contribution in [3.63, 3.8) is 0 Å². The van der Waals surface area contributed by atoms with Crippen molar-refractivity contribution in [3.8, 4) is 5.75 Å². The molecule has 1 heterocycles. The van der Waals surface area contributed by atoms with Gasteiger partial charge in [0.2, 0.25) is 5.43 Å². The number of fused-ring (bicyclic) bond motifs is 1. The average Bonchev–Trinajstić information content (AvgIpc) is 2.77. The zero-order valence-corrected chi connectivity index (χ0v) is 16.1. The Balaban J connectivity index is 1.90. The zero-order valence-electron chi connectivity index (χ0n) is 16.1. The molecule has 30 heavy (non-hydrogen) atoms. The Morgan fingerprint density at radius 3 is 2.20 bits per heavy atom. The average molecular weight is 405 g/mol. The Morgan fingerprint density at radius 2 is 1.57 bits per heavy atom. The second-order valence-corrected chi connectivity index (χ2v) is 6.85. The molecular weight excluding hydrogens is 388 g/mol. The molecule has 0 aliphatic rings. The lowest BCUT2D eigenvalue weighted by atomic mass is 10.0. The van der Waals surface area contributed by atoms with Gasteiger partial charge in [0.05, 0.1) is 23.6 Å². The van der Waals surface area contributed by atoms with E-state index < -0.39 is 17.0 Å². The van der Waals surface area contributed by atoms with E-state index >= 15 is 0 Å². The van der Waals surface area contributed by atoms with Gasteiger partial charge in [-0.25, -0.2) is 8.78 Å². The molecule has 0 unspecified atom stereocenters. The number of hydrogen-bond acceptors (Lipinski definition) is 3. The maximum atomic E-state index is 13.3. The molecule has 1 aromatic heterocycles. The summed E-state index contributed by atoms with van der Waals surface area (Å²) in [4.78, 5) is 26.1. The lowest BCUT2D eigenvalue weighted by Gasteiger charge is -2.14. The van der Waals surface area contributed by atoms with Gasteiger partial charge in [0, 0.05) is 18.3 Å². The fourth-order valence-electron chi connectivity index (χ4n) is 3.34. The van der Waals surface area contributed by atoms with Gasteiger partial charge in [-0.3, -0.25) is 9.59 Å². The number of halogens is 2. The summed E-state index contributed by atoms with van der Waals surface area (Å²) < 4.78 is 33.5. The molecule has 0 fully saturated rings. The number of pyridine rings is 1. The topological polar surface area (TPSA) is 48.3 Å². The van der Waals surface area contributed by atoms with Gasteiger partial charge in [0.1, 0.15) is 17.4 Å². The molecule has 4 nitrogen and oxygen atoms in total. The number of nitrogens with zero attached hydrogens (tertiary/aromatic N) is 1. The summed E-state index contributed by atoms with van der Waals surface area (Å²) in [7, 11) is 1.49. The molecule has 0 aliphatic carbocycles. The predicted octanol–water partition coefficient (Wildman–Crippen LogP) is 4.57. The minimum Gasteiger partial charge on any atom is -0.497 e. The molecule has 0 saturated carbocycles. The Kier molecular flexibility index (Phi) is 5.14. The van der Waals surface area contributed by atoms with E-state index in [-0.39, 0.29) is 16.9 Å². The molecule has 3 aromatic carbocycles. The molecule has 0 saturated heterocycles. The monoisotopic (exact) mass is 405 g/mol. The summed E-state index contributed by atoms with van der Waals surface area (Å²) in [5.41, 5.74) is 1.15. The van der Waals surface area contributed by atoms with Crippen molar-refractivity contribution < 1.29 is 18.3 Å². The van der Waals surface area contributed by atoms with Crippen LogP contribution in [0, 0.1) is 11.6 Å². The second-order valence-electron chi connectivity index (χ2n) is 6.85. The van der Waals surface area contributed by atoms with Gasteiger partial charge >= 0.3 is 0 Å². The molecule has 0 N–H and O–H groups in total. The van der Waals surface area contributed by atoms with Gasteiger partial charge < -0.3 is 9.30 Å². The van der Waals surface area contributed by atoms with Crippen LogP contribution in [0.4, 0.5) is 8.78 Å². The predicted molar refractivity (Wildman–Crippen MR) is 110 cm³/mol. The molecule has 4 aromatic rings. The molecule has 4 rings (SSSR count). The largest absolute Gasteiger partial charge is 0.497 e. The Bertz CT molecular complexity index is 1290. The first kappa shape index (κ1) is 19.5. The number of hydrogen-bond donors (Lipinski definition) is 0. The Hall–Kier alpha value is -3.80. The van der Waals surface area contributed by atoms with Crippen LogP contribution in [0.3, 0.4) is 0 Å². The summed E-state index contributed by atoms with van der Waals surface area (Å²) in [5, 5.41) is 0.324. The fraction of sp³-hybridized carbons (Fsp3) is 0.0833. The fourth-order valence-corrected chi connectivity index (χ4v) is 3.34. The second kappa shape index (κ2) is 7.91. The number of ether oxygens (including phenoxy) is 1. The molecule has 0 aliphatic heterocycles. The summed E-state index contributed by atoms with van der Waals surface area (Å²) >= 11 is 0. The van der Waals surface area contributed by atoms with Crippen molar-refractivity contribution in [3.05, 3.63) is 111 Å².